The molecule has 0 spiro atoms. The van der Waals surface area contributed by atoms with Gasteiger partial charge in [0.2, 0.25) is 10.0 Å². The monoisotopic (exact) mass is 519 g/mol. The van der Waals surface area contributed by atoms with Crippen LogP contribution in [0.2, 0.25) is 0 Å². The topological polar surface area (TPSA) is 113 Å². The number of aliphatic hydroxyl groups is 2. The van der Waals surface area contributed by atoms with Gasteiger partial charge in [-0.05, 0) is 35.6 Å². The summed E-state index contributed by atoms with van der Waals surface area (Å²) >= 11 is 0. The van der Waals surface area contributed by atoms with E-state index in [1.165, 1.54) is 16.4 Å². The maximum absolute atomic E-state index is 13.5. The van der Waals surface area contributed by atoms with Crippen molar-refractivity contribution in [2.75, 3.05) is 26.3 Å². The zero-order chi connectivity index (χ0) is 26.1. The normalized spacial score (nSPS) is 17.9. The van der Waals surface area contributed by atoms with Gasteiger partial charge in [0.05, 0.1) is 37.2 Å². The third kappa shape index (κ3) is 8.11. The van der Waals surface area contributed by atoms with Gasteiger partial charge in [-0.15, -0.1) is 0 Å². The third-order valence-corrected chi connectivity index (χ3v) is 8.05. The summed E-state index contributed by atoms with van der Waals surface area (Å²) in [6, 6.07) is 15.6. The summed E-state index contributed by atoms with van der Waals surface area (Å²) in [5, 5.41) is 20.6. The Morgan fingerprint density at radius 2 is 1.78 bits per heavy atom. The molecule has 198 valence electrons. The highest BCUT2D eigenvalue weighted by Crippen LogP contribution is 2.24. The smallest absolute Gasteiger partial charge is 0.306 e. The second-order valence-corrected chi connectivity index (χ2v) is 11.7. The highest BCUT2D eigenvalue weighted by atomic mass is 32.2. The number of aliphatic hydroxyl groups excluding tert-OH is 2. The summed E-state index contributed by atoms with van der Waals surface area (Å²) < 4.78 is 39.1. The molecule has 3 atom stereocenters. The molecule has 36 heavy (non-hydrogen) atoms. The Labute approximate surface area is 213 Å². The van der Waals surface area contributed by atoms with Crippen molar-refractivity contribution in [2.24, 2.45) is 11.8 Å². The SMILES string of the molecule is CC(C)CN(C[C@@H](O)[C@@H](CC(=O)OC1CCOC1)Cc1ccccc1)S(=O)(=O)c1ccc(CO)cc1. The predicted octanol–water partition coefficient (Wildman–Crippen LogP) is 2.77. The van der Waals surface area contributed by atoms with Gasteiger partial charge in [-0.2, -0.15) is 4.31 Å². The van der Waals surface area contributed by atoms with Gasteiger partial charge in [-0.25, -0.2) is 8.42 Å². The fourth-order valence-corrected chi connectivity index (χ4v) is 5.89. The average molecular weight is 520 g/mol. The molecule has 1 fully saturated rings. The fourth-order valence-electron chi connectivity index (χ4n) is 4.27. The van der Waals surface area contributed by atoms with E-state index in [-0.39, 0.29) is 43.0 Å². The standard InChI is InChI=1S/C27H37NO7S/c1-20(2)16-28(36(32,33)25-10-8-22(18-29)9-11-25)17-26(30)23(14-21-6-4-3-5-7-21)15-27(31)35-24-12-13-34-19-24/h3-11,20,23-24,26,29-30H,12-19H2,1-2H3/t23-,24?,26-/m1/s1. The van der Waals surface area contributed by atoms with Crippen molar-refractivity contribution in [1.29, 1.82) is 0 Å². The molecule has 1 saturated heterocycles. The first-order valence-electron chi connectivity index (χ1n) is 12.4. The van der Waals surface area contributed by atoms with Crippen molar-refractivity contribution in [1.82, 2.24) is 4.31 Å². The Hall–Kier alpha value is -2.30. The van der Waals surface area contributed by atoms with E-state index < -0.39 is 28.0 Å². The van der Waals surface area contributed by atoms with Gasteiger partial charge < -0.3 is 19.7 Å². The van der Waals surface area contributed by atoms with Gasteiger partial charge >= 0.3 is 5.97 Å². The minimum Gasteiger partial charge on any atom is -0.460 e. The Morgan fingerprint density at radius 3 is 2.36 bits per heavy atom. The van der Waals surface area contributed by atoms with Crippen molar-refractivity contribution in [3.63, 3.8) is 0 Å². The van der Waals surface area contributed by atoms with E-state index in [2.05, 4.69) is 0 Å². The van der Waals surface area contributed by atoms with Crippen molar-refractivity contribution >= 4 is 16.0 Å². The van der Waals surface area contributed by atoms with Gasteiger partial charge in [0.15, 0.2) is 0 Å². The fraction of sp³-hybridized carbons (Fsp3) is 0.519. The predicted molar refractivity (Wildman–Crippen MR) is 136 cm³/mol. The molecule has 1 heterocycles. The zero-order valence-electron chi connectivity index (χ0n) is 21.0. The molecule has 2 N–H and O–H groups in total. The summed E-state index contributed by atoms with van der Waals surface area (Å²) in [4.78, 5) is 12.8. The van der Waals surface area contributed by atoms with Crippen LogP contribution >= 0.6 is 0 Å². The molecule has 0 aromatic heterocycles. The second kappa shape index (κ2) is 13.3. The van der Waals surface area contributed by atoms with Crippen molar-refractivity contribution in [3.05, 3.63) is 65.7 Å². The highest BCUT2D eigenvalue weighted by Gasteiger charge is 2.32. The molecule has 0 aliphatic carbocycles. The Balaban J connectivity index is 1.80. The molecule has 1 aliphatic heterocycles. The lowest BCUT2D eigenvalue weighted by molar-refractivity contribution is -0.151. The minimum atomic E-state index is -3.91. The molecule has 1 aliphatic rings. The molecule has 0 amide bonds. The Morgan fingerprint density at radius 1 is 1.08 bits per heavy atom. The van der Waals surface area contributed by atoms with Crippen LogP contribution in [-0.4, -0.2) is 67.4 Å². The second-order valence-electron chi connectivity index (χ2n) is 9.71. The first-order chi connectivity index (χ1) is 17.2. The largest absolute Gasteiger partial charge is 0.460 e. The van der Waals surface area contributed by atoms with E-state index in [0.717, 1.165) is 5.56 Å². The molecule has 3 rings (SSSR count). The number of sulfonamides is 1. The first-order valence-corrected chi connectivity index (χ1v) is 13.8. The van der Waals surface area contributed by atoms with Crippen LogP contribution in [0.25, 0.3) is 0 Å². The van der Waals surface area contributed by atoms with Gasteiger partial charge in [0.1, 0.15) is 6.10 Å². The summed E-state index contributed by atoms with van der Waals surface area (Å²) in [7, 11) is -3.91. The van der Waals surface area contributed by atoms with Crippen LogP contribution in [0.1, 0.15) is 37.8 Å². The van der Waals surface area contributed by atoms with E-state index >= 15 is 0 Å². The van der Waals surface area contributed by atoms with Gasteiger partial charge in [0.25, 0.3) is 0 Å². The maximum atomic E-state index is 13.5. The molecular weight excluding hydrogens is 482 g/mol. The number of carbonyl (C=O) groups is 1. The van der Waals surface area contributed by atoms with Crippen LogP contribution in [-0.2, 0) is 37.3 Å². The number of esters is 1. The van der Waals surface area contributed by atoms with E-state index in [1.807, 2.05) is 44.2 Å². The number of carbonyl (C=O) groups excluding carboxylic acids is 1. The maximum Gasteiger partial charge on any atom is 0.306 e. The summed E-state index contributed by atoms with van der Waals surface area (Å²) in [6.45, 7) is 4.61. The highest BCUT2D eigenvalue weighted by molar-refractivity contribution is 7.89. The molecule has 2 aromatic carbocycles. The van der Waals surface area contributed by atoms with Gasteiger partial charge in [-0.3, -0.25) is 4.79 Å². The minimum absolute atomic E-state index is 0.0172. The zero-order valence-corrected chi connectivity index (χ0v) is 21.8. The number of ether oxygens (including phenoxy) is 2. The molecular formula is C27H37NO7S. The molecule has 0 radical (unpaired) electrons. The van der Waals surface area contributed by atoms with E-state index in [9.17, 15) is 23.4 Å². The van der Waals surface area contributed by atoms with Crippen LogP contribution in [0.4, 0.5) is 0 Å². The molecule has 9 heteroatoms. The number of benzene rings is 2. The number of hydrogen-bond acceptors (Lipinski definition) is 7. The quantitative estimate of drug-likeness (QED) is 0.391. The lowest BCUT2D eigenvalue weighted by Crippen LogP contribution is -2.43. The van der Waals surface area contributed by atoms with Crippen molar-refractivity contribution in [2.45, 2.75) is 56.8 Å². The Bertz CT molecular complexity index is 1050. The first kappa shape index (κ1) is 28.3. The van der Waals surface area contributed by atoms with Crippen LogP contribution in [0.15, 0.2) is 59.5 Å². The third-order valence-electron chi connectivity index (χ3n) is 6.20. The van der Waals surface area contributed by atoms with Crippen LogP contribution in [0.5, 0.6) is 0 Å². The van der Waals surface area contributed by atoms with Gasteiger partial charge in [0, 0.05) is 25.4 Å². The summed E-state index contributed by atoms with van der Waals surface area (Å²) in [5.74, 6) is -0.948. The molecule has 1 unspecified atom stereocenters. The lowest BCUT2D eigenvalue weighted by Gasteiger charge is -2.30. The van der Waals surface area contributed by atoms with Crippen molar-refractivity contribution in [3.8, 4) is 0 Å². The van der Waals surface area contributed by atoms with E-state index in [1.54, 1.807) is 12.1 Å². The summed E-state index contributed by atoms with van der Waals surface area (Å²) in [6.07, 6.45) is -0.367. The lowest BCUT2D eigenvalue weighted by atomic mass is 9.90. The molecule has 0 bridgehead atoms. The number of nitrogens with zero attached hydrogens (tertiary/aromatic N) is 1. The molecule has 0 saturated carbocycles. The van der Waals surface area contributed by atoms with Crippen LogP contribution < -0.4 is 0 Å². The van der Waals surface area contributed by atoms with Gasteiger partial charge in [-0.1, -0.05) is 56.3 Å². The average Bonchev–Trinajstić information content (AvgIpc) is 3.36. The molecule has 8 nitrogen and oxygen atoms in total. The summed E-state index contributed by atoms with van der Waals surface area (Å²) in [5.41, 5.74) is 1.55. The molecule has 2 aromatic rings. The van der Waals surface area contributed by atoms with Crippen LogP contribution in [0, 0.1) is 11.8 Å². The number of hydrogen-bond donors (Lipinski definition) is 2. The van der Waals surface area contributed by atoms with E-state index in [0.29, 0.717) is 31.6 Å². The van der Waals surface area contributed by atoms with Crippen LogP contribution in [0.3, 0.4) is 0 Å². The van der Waals surface area contributed by atoms with E-state index in [4.69, 9.17) is 9.47 Å². The van der Waals surface area contributed by atoms with Crippen molar-refractivity contribution < 1.29 is 32.9 Å². The number of rotatable bonds is 13. The Kier molecular flexibility index (Phi) is 10.4.